The summed E-state index contributed by atoms with van der Waals surface area (Å²) in [5.41, 5.74) is 0. The van der Waals surface area contributed by atoms with Crippen molar-refractivity contribution in [1.82, 2.24) is 10.6 Å². The second-order valence-corrected chi connectivity index (χ2v) is 8.78. The van der Waals surface area contributed by atoms with Gasteiger partial charge in [0.1, 0.15) is 9.84 Å². The Kier molecular flexibility index (Phi) is 7.32. The van der Waals surface area contributed by atoms with Crippen molar-refractivity contribution in [2.24, 2.45) is 0 Å². The molecule has 0 saturated heterocycles. The molecule has 0 unspecified atom stereocenters. The molecule has 7 heteroatoms. The van der Waals surface area contributed by atoms with Gasteiger partial charge in [0.2, 0.25) is 11.8 Å². The number of rotatable bonds is 7. The molecule has 0 spiro atoms. The standard InChI is InChI=1S/C15H28N2O4S/c1-11(2)16-14(18)8-5-9-15(19)17-12-6-4-7-13(10-12)22(3,20)21/h11-13H,4-10H2,1-3H3,(H,16,18)(H,17,19)/t12-,13-/m1/s1. The first kappa shape index (κ1) is 18.9. The third-order valence-electron chi connectivity index (χ3n) is 3.85. The van der Waals surface area contributed by atoms with Gasteiger partial charge in [-0.25, -0.2) is 8.42 Å². The highest BCUT2D eigenvalue weighted by atomic mass is 32.2. The second-order valence-electron chi connectivity index (χ2n) is 6.46. The molecule has 0 aromatic rings. The lowest BCUT2D eigenvalue weighted by Crippen LogP contribution is -2.41. The van der Waals surface area contributed by atoms with E-state index >= 15 is 0 Å². The van der Waals surface area contributed by atoms with E-state index in [0.717, 1.165) is 12.8 Å². The Bertz CT molecular complexity index is 488. The smallest absolute Gasteiger partial charge is 0.220 e. The summed E-state index contributed by atoms with van der Waals surface area (Å²) >= 11 is 0. The van der Waals surface area contributed by atoms with Crippen LogP contribution in [-0.2, 0) is 19.4 Å². The molecule has 0 aromatic heterocycles. The van der Waals surface area contributed by atoms with Gasteiger partial charge in [-0.1, -0.05) is 6.42 Å². The first-order chi connectivity index (χ1) is 10.2. The van der Waals surface area contributed by atoms with Crippen LogP contribution < -0.4 is 10.6 Å². The number of carbonyl (C=O) groups is 2. The number of sulfone groups is 1. The Labute approximate surface area is 133 Å². The maximum absolute atomic E-state index is 11.9. The lowest BCUT2D eigenvalue weighted by molar-refractivity contribution is -0.123. The molecule has 1 fully saturated rings. The molecule has 2 atom stereocenters. The average molecular weight is 332 g/mol. The van der Waals surface area contributed by atoms with Crippen molar-refractivity contribution in [2.75, 3.05) is 6.26 Å². The zero-order valence-electron chi connectivity index (χ0n) is 13.7. The fourth-order valence-electron chi connectivity index (χ4n) is 2.77. The van der Waals surface area contributed by atoms with Gasteiger partial charge in [0.15, 0.2) is 0 Å². The molecule has 1 rings (SSSR count). The molecule has 6 nitrogen and oxygen atoms in total. The maximum atomic E-state index is 11.9. The zero-order chi connectivity index (χ0) is 16.8. The van der Waals surface area contributed by atoms with E-state index < -0.39 is 9.84 Å². The Morgan fingerprint density at radius 1 is 1.14 bits per heavy atom. The minimum atomic E-state index is -3.04. The van der Waals surface area contributed by atoms with Crippen molar-refractivity contribution in [1.29, 1.82) is 0 Å². The highest BCUT2D eigenvalue weighted by molar-refractivity contribution is 7.91. The molecule has 22 heavy (non-hydrogen) atoms. The van der Waals surface area contributed by atoms with Crippen LogP contribution in [0.15, 0.2) is 0 Å². The summed E-state index contributed by atoms with van der Waals surface area (Å²) < 4.78 is 23.2. The number of hydrogen-bond acceptors (Lipinski definition) is 4. The van der Waals surface area contributed by atoms with Gasteiger partial charge in [0.25, 0.3) is 0 Å². The molecular formula is C15H28N2O4S. The Morgan fingerprint density at radius 3 is 2.36 bits per heavy atom. The molecule has 128 valence electrons. The van der Waals surface area contributed by atoms with Gasteiger partial charge < -0.3 is 10.6 Å². The Hall–Kier alpha value is -1.11. The van der Waals surface area contributed by atoms with E-state index in [2.05, 4.69) is 10.6 Å². The van der Waals surface area contributed by atoms with E-state index in [1.165, 1.54) is 6.26 Å². The summed E-state index contributed by atoms with van der Waals surface area (Å²) in [7, 11) is -3.04. The SMILES string of the molecule is CC(C)NC(=O)CCCC(=O)N[C@@H]1CCC[C@@H](S(C)(=O)=O)C1. The molecule has 1 saturated carbocycles. The number of carbonyl (C=O) groups excluding carboxylic acids is 2. The van der Waals surface area contributed by atoms with Gasteiger partial charge in [-0.15, -0.1) is 0 Å². The van der Waals surface area contributed by atoms with Crippen LogP contribution in [0.25, 0.3) is 0 Å². The largest absolute Gasteiger partial charge is 0.354 e. The minimum Gasteiger partial charge on any atom is -0.354 e. The van der Waals surface area contributed by atoms with Crippen molar-refractivity contribution in [3.63, 3.8) is 0 Å². The normalized spacial score (nSPS) is 22.4. The van der Waals surface area contributed by atoms with E-state index in [1.54, 1.807) is 0 Å². The van der Waals surface area contributed by atoms with Crippen LogP contribution in [-0.4, -0.2) is 43.8 Å². The Morgan fingerprint density at radius 2 is 1.77 bits per heavy atom. The molecule has 0 aromatic carbocycles. The summed E-state index contributed by atoms with van der Waals surface area (Å²) in [5.74, 6) is -0.144. The zero-order valence-corrected chi connectivity index (χ0v) is 14.5. The first-order valence-electron chi connectivity index (χ1n) is 7.96. The van der Waals surface area contributed by atoms with Crippen molar-refractivity contribution in [3.8, 4) is 0 Å². The van der Waals surface area contributed by atoms with Crippen molar-refractivity contribution in [2.45, 2.75) is 76.1 Å². The lowest BCUT2D eigenvalue weighted by Gasteiger charge is -2.28. The summed E-state index contributed by atoms with van der Waals surface area (Å²) in [6, 6.07) is 0.0435. The molecule has 2 N–H and O–H groups in total. The fraction of sp³-hybridized carbons (Fsp3) is 0.867. The van der Waals surface area contributed by atoms with E-state index in [9.17, 15) is 18.0 Å². The number of nitrogens with one attached hydrogen (secondary N) is 2. The first-order valence-corrected chi connectivity index (χ1v) is 9.91. The molecule has 2 amide bonds. The fourth-order valence-corrected chi connectivity index (χ4v) is 3.95. The molecule has 0 radical (unpaired) electrons. The van der Waals surface area contributed by atoms with E-state index in [1.807, 2.05) is 13.8 Å². The van der Waals surface area contributed by atoms with E-state index in [4.69, 9.17) is 0 Å². The van der Waals surface area contributed by atoms with Crippen LogP contribution in [0.1, 0.15) is 58.8 Å². The lowest BCUT2D eigenvalue weighted by atomic mass is 9.95. The third-order valence-corrected chi connectivity index (χ3v) is 5.49. The predicted octanol–water partition coefficient (Wildman–Crippen LogP) is 1.15. The summed E-state index contributed by atoms with van der Waals surface area (Å²) in [4.78, 5) is 23.3. The average Bonchev–Trinajstić information content (AvgIpc) is 2.37. The third kappa shape index (κ3) is 7.24. The predicted molar refractivity (Wildman–Crippen MR) is 86.2 cm³/mol. The Balaban J connectivity index is 2.29. The van der Waals surface area contributed by atoms with Crippen molar-refractivity contribution < 1.29 is 18.0 Å². The highest BCUT2D eigenvalue weighted by Gasteiger charge is 2.29. The minimum absolute atomic E-state index is 0.0439. The van der Waals surface area contributed by atoms with Crippen LogP contribution in [0.5, 0.6) is 0 Å². The van der Waals surface area contributed by atoms with Crippen LogP contribution in [0.3, 0.4) is 0 Å². The van der Waals surface area contributed by atoms with Gasteiger partial charge in [-0.05, 0) is 39.5 Å². The van der Waals surface area contributed by atoms with Gasteiger partial charge in [-0.2, -0.15) is 0 Å². The van der Waals surface area contributed by atoms with Gasteiger partial charge in [0.05, 0.1) is 5.25 Å². The van der Waals surface area contributed by atoms with Gasteiger partial charge in [0, 0.05) is 31.2 Å². The maximum Gasteiger partial charge on any atom is 0.220 e. The monoisotopic (exact) mass is 332 g/mol. The number of hydrogen-bond donors (Lipinski definition) is 2. The van der Waals surface area contributed by atoms with Crippen LogP contribution in [0.2, 0.25) is 0 Å². The quantitative estimate of drug-likeness (QED) is 0.731. The van der Waals surface area contributed by atoms with E-state index in [-0.39, 0.29) is 29.1 Å². The molecule has 0 heterocycles. The van der Waals surface area contributed by atoms with Crippen LogP contribution in [0.4, 0.5) is 0 Å². The van der Waals surface area contributed by atoms with E-state index in [0.29, 0.717) is 32.1 Å². The molecule has 0 bridgehead atoms. The van der Waals surface area contributed by atoms with Crippen LogP contribution >= 0.6 is 0 Å². The molecule has 0 aliphatic heterocycles. The molecule has 1 aliphatic rings. The molecular weight excluding hydrogens is 304 g/mol. The van der Waals surface area contributed by atoms with Gasteiger partial charge in [-0.3, -0.25) is 9.59 Å². The second kappa shape index (κ2) is 8.50. The van der Waals surface area contributed by atoms with Crippen molar-refractivity contribution in [3.05, 3.63) is 0 Å². The highest BCUT2D eigenvalue weighted by Crippen LogP contribution is 2.23. The summed E-state index contributed by atoms with van der Waals surface area (Å²) in [5, 5.41) is 5.34. The van der Waals surface area contributed by atoms with Crippen LogP contribution in [0, 0.1) is 0 Å². The summed E-state index contributed by atoms with van der Waals surface area (Å²) in [6.45, 7) is 3.79. The van der Waals surface area contributed by atoms with Crippen molar-refractivity contribution >= 4 is 21.7 Å². The topological polar surface area (TPSA) is 92.3 Å². The number of amides is 2. The van der Waals surface area contributed by atoms with Gasteiger partial charge >= 0.3 is 0 Å². The molecule has 1 aliphatic carbocycles. The summed E-state index contributed by atoms with van der Waals surface area (Å²) in [6.07, 6.45) is 5.22.